The van der Waals surface area contributed by atoms with E-state index in [9.17, 15) is 15.0 Å². The number of carboxylic acid groups (broad SMARTS) is 1. The fourth-order valence-electron chi connectivity index (χ4n) is 2.74. The summed E-state index contributed by atoms with van der Waals surface area (Å²) < 4.78 is 0. The van der Waals surface area contributed by atoms with Gasteiger partial charge in [-0.3, -0.25) is 0 Å². The van der Waals surface area contributed by atoms with Crippen molar-refractivity contribution in [2.75, 3.05) is 23.8 Å². The molecule has 4 N–H and O–H groups in total. The molecule has 1 aliphatic heterocycles. The van der Waals surface area contributed by atoms with Crippen LogP contribution in [0.25, 0.3) is 0 Å². The molecule has 1 aromatic carbocycles. The summed E-state index contributed by atoms with van der Waals surface area (Å²) in [7, 11) is 0. The van der Waals surface area contributed by atoms with Gasteiger partial charge in [-0.25, -0.2) is 4.79 Å². The van der Waals surface area contributed by atoms with Gasteiger partial charge >= 0.3 is 5.97 Å². The van der Waals surface area contributed by atoms with Gasteiger partial charge in [-0.2, -0.15) is 0 Å². The number of rotatable bonds is 3. The predicted molar refractivity (Wildman–Crippen MR) is 79.5 cm³/mol. The number of carboxylic acids is 1. The van der Waals surface area contributed by atoms with Crippen molar-refractivity contribution in [2.24, 2.45) is 0 Å². The molecule has 0 bridgehead atoms. The van der Waals surface area contributed by atoms with Gasteiger partial charge < -0.3 is 20.8 Å². The summed E-state index contributed by atoms with van der Waals surface area (Å²) >= 11 is 6.22. The van der Waals surface area contributed by atoms with Crippen LogP contribution in [0.4, 0.5) is 11.4 Å². The number of carbonyl (C=O) groups is 1. The van der Waals surface area contributed by atoms with Gasteiger partial charge in [0.1, 0.15) is 0 Å². The summed E-state index contributed by atoms with van der Waals surface area (Å²) in [4.78, 5) is 13.4. The maximum absolute atomic E-state index is 11.4. The molecule has 110 valence electrons. The van der Waals surface area contributed by atoms with E-state index in [0.29, 0.717) is 22.9 Å². The highest BCUT2D eigenvalue weighted by Crippen LogP contribution is 2.35. The van der Waals surface area contributed by atoms with Crippen molar-refractivity contribution < 1.29 is 15.0 Å². The first-order valence-corrected chi connectivity index (χ1v) is 7.12. The molecule has 1 aromatic rings. The average Bonchev–Trinajstić information content (AvgIpc) is 2.62. The zero-order chi connectivity index (χ0) is 14.7. The number of anilines is 2. The minimum atomic E-state index is -1.06. The zero-order valence-electron chi connectivity index (χ0n) is 11.2. The van der Waals surface area contributed by atoms with E-state index in [4.69, 9.17) is 17.3 Å². The second-order valence-corrected chi connectivity index (χ2v) is 5.49. The Balaban J connectivity index is 2.51. The molecule has 20 heavy (non-hydrogen) atoms. The Labute approximate surface area is 122 Å². The number of benzene rings is 1. The van der Waals surface area contributed by atoms with E-state index in [1.807, 2.05) is 4.90 Å². The largest absolute Gasteiger partial charge is 0.478 e. The first kappa shape index (κ1) is 14.9. The quantitative estimate of drug-likeness (QED) is 0.746. The standard InChI is InChI=1S/C14H19ClN2O3/c15-12-7-9(16)6-11(14(19)20)13(12)17-5-3-1-2-4-10(17)8-18/h6-7,10,18H,1-5,8,16H2,(H,19,20). The van der Waals surface area contributed by atoms with Crippen LogP contribution in [0.2, 0.25) is 5.02 Å². The summed E-state index contributed by atoms with van der Waals surface area (Å²) in [5, 5.41) is 19.3. The summed E-state index contributed by atoms with van der Waals surface area (Å²) in [6.07, 6.45) is 3.88. The Kier molecular flexibility index (Phi) is 4.73. The molecule has 1 heterocycles. The van der Waals surface area contributed by atoms with E-state index >= 15 is 0 Å². The highest BCUT2D eigenvalue weighted by atomic mass is 35.5. The fourth-order valence-corrected chi connectivity index (χ4v) is 3.07. The molecular formula is C14H19ClN2O3. The second kappa shape index (κ2) is 6.33. The molecule has 0 amide bonds. The van der Waals surface area contributed by atoms with E-state index in [1.54, 1.807) is 6.07 Å². The number of nitrogens with two attached hydrogens (primary N) is 1. The van der Waals surface area contributed by atoms with Crippen LogP contribution in [0.15, 0.2) is 12.1 Å². The van der Waals surface area contributed by atoms with Crippen LogP contribution in [-0.2, 0) is 0 Å². The normalized spacial score (nSPS) is 19.7. The summed E-state index contributed by atoms with van der Waals surface area (Å²) in [6, 6.07) is 2.88. The summed E-state index contributed by atoms with van der Waals surface area (Å²) in [5.41, 5.74) is 6.56. The van der Waals surface area contributed by atoms with Crippen LogP contribution in [0, 0.1) is 0 Å². The molecule has 1 saturated heterocycles. The van der Waals surface area contributed by atoms with Crippen molar-refractivity contribution >= 4 is 28.9 Å². The Hall–Kier alpha value is -1.46. The third-order valence-electron chi connectivity index (χ3n) is 3.69. The Bertz CT molecular complexity index is 507. The topological polar surface area (TPSA) is 86.8 Å². The van der Waals surface area contributed by atoms with E-state index in [-0.39, 0.29) is 18.2 Å². The third-order valence-corrected chi connectivity index (χ3v) is 3.98. The average molecular weight is 299 g/mol. The van der Waals surface area contributed by atoms with Crippen molar-refractivity contribution in [3.8, 4) is 0 Å². The maximum Gasteiger partial charge on any atom is 0.337 e. The Morgan fingerprint density at radius 3 is 2.80 bits per heavy atom. The number of aliphatic hydroxyl groups is 1. The number of hydrogen-bond donors (Lipinski definition) is 3. The lowest BCUT2D eigenvalue weighted by atomic mass is 10.1. The lowest BCUT2D eigenvalue weighted by Gasteiger charge is -2.32. The predicted octanol–water partition coefficient (Wildman–Crippen LogP) is 2.36. The fraction of sp³-hybridized carbons (Fsp3) is 0.500. The first-order chi connectivity index (χ1) is 9.54. The molecule has 0 saturated carbocycles. The molecule has 6 heteroatoms. The minimum absolute atomic E-state index is 0.0141. The van der Waals surface area contributed by atoms with Crippen LogP contribution in [-0.4, -0.2) is 35.4 Å². The van der Waals surface area contributed by atoms with Gasteiger partial charge in [-0.15, -0.1) is 0 Å². The highest BCUT2D eigenvalue weighted by molar-refractivity contribution is 6.34. The molecule has 0 aliphatic carbocycles. The molecule has 2 rings (SSSR count). The van der Waals surface area contributed by atoms with Crippen molar-refractivity contribution in [3.05, 3.63) is 22.7 Å². The number of aromatic carboxylic acids is 1. The number of aliphatic hydroxyl groups excluding tert-OH is 1. The minimum Gasteiger partial charge on any atom is -0.478 e. The second-order valence-electron chi connectivity index (χ2n) is 5.08. The summed E-state index contributed by atoms with van der Waals surface area (Å²) in [5.74, 6) is -1.06. The highest BCUT2D eigenvalue weighted by Gasteiger charge is 2.27. The van der Waals surface area contributed by atoms with Crippen LogP contribution < -0.4 is 10.6 Å². The molecule has 5 nitrogen and oxygen atoms in total. The Morgan fingerprint density at radius 1 is 1.40 bits per heavy atom. The van der Waals surface area contributed by atoms with E-state index in [1.165, 1.54) is 6.07 Å². The van der Waals surface area contributed by atoms with Crippen LogP contribution in [0.1, 0.15) is 36.0 Å². The van der Waals surface area contributed by atoms with Gasteiger partial charge in [0.25, 0.3) is 0 Å². The molecule has 0 radical (unpaired) electrons. The van der Waals surface area contributed by atoms with Crippen molar-refractivity contribution in [1.29, 1.82) is 0 Å². The van der Waals surface area contributed by atoms with Crippen LogP contribution >= 0.6 is 11.6 Å². The molecular weight excluding hydrogens is 280 g/mol. The van der Waals surface area contributed by atoms with Crippen molar-refractivity contribution in [2.45, 2.75) is 31.7 Å². The third kappa shape index (κ3) is 2.99. The summed E-state index contributed by atoms with van der Waals surface area (Å²) in [6.45, 7) is 0.676. The first-order valence-electron chi connectivity index (χ1n) is 6.74. The smallest absolute Gasteiger partial charge is 0.337 e. The number of halogens is 1. The van der Waals surface area contributed by atoms with Gasteiger partial charge in [0, 0.05) is 12.2 Å². The maximum atomic E-state index is 11.4. The van der Waals surface area contributed by atoms with E-state index < -0.39 is 5.97 Å². The van der Waals surface area contributed by atoms with Crippen molar-refractivity contribution in [3.63, 3.8) is 0 Å². The van der Waals surface area contributed by atoms with Crippen molar-refractivity contribution in [1.82, 2.24) is 0 Å². The van der Waals surface area contributed by atoms with Gasteiger partial charge in [0.05, 0.1) is 28.9 Å². The molecule has 1 unspecified atom stereocenters. The lowest BCUT2D eigenvalue weighted by molar-refractivity contribution is 0.0697. The zero-order valence-corrected chi connectivity index (χ0v) is 11.9. The van der Waals surface area contributed by atoms with Gasteiger partial charge in [0.15, 0.2) is 0 Å². The molecule has 1 atom stereocenters. The number of hydrogen-bond acceptors (Lipinski definition) is 4. The molecule has 1 aliphatic rings. The monoisotopic (exact) mass is 298 g/mol. The van der Waals surface area contributed by atoms with Gasteiger partial charge in [0.2, 0.25) is 0 Å². The van der Waals surface area contributed by atoms with Crippen LogP contribution in [0.5, 0.6) is 0 Å². The Morgan fingerprint density at radius 2 is 2.15 bits per heavy atom. The molecule has 0 spiro atoms. The number of nitrogens with zero attached hydrogens (tertiary/aromatic N) is 1. The van der Waals surface area contributed by atoms with Crippen LogP contribution in [0.3, 0.4) is 0 Å². The lowest BCUT2D eigenvalue weighted by Crippen LogP contribution is -2.38. The molecule has 1 fully saturated rings. The molecule has 0 aromatic heterocycles. The van der Waals surface area contributed by atoms with E-state index in [2.05, 4.69) is 0 Å². The van der Waals surface area contributed by atoms with Gasteiger partial charge in [-0.1, -0.05) is 24.4 Å². The SMILES string of the molecule is Nc1cc(Cl)c(N2CCCCCC2CO)c(C(=O)O)c1. The number of nitrogen functional groups attached to an aromatic ring is 1. The van der Waals surface area contributed by atoms with E-state index in [0.717, 1.165) is 25.7 Å². The van der Waals surface area contributed by atoms with Gasteiger partial charge in [-0.05, 0) is 25.0 Å².